The summed E-state index contributed by atoms with van der Waals surface area (Å²) in [5, 5.41) is 12.2. The van der Waals surface area contributed by atoms with Crippen LogP contribution in [0.15, 0.2) is 34.9 Å². The van der Waals surface area contributed by atoms with Gasteiger partial charge >= 0.3 is 6.03 Å². The second-order valence-corrected chi connectivity index (χ2v) is 8.12. The van der Waals surface area contributed by atoms with Crippen LogP contribution in [0.3, 0.4) is 0 Å². The average Bonchev–Trinajstić information content (AvgIpc) is 2.71. The second-order valence-electron chi connectivity index (χ2n) is 7.27. The molecule has 0 unspecified atom stereocenters. The van der Waals surface area contributed by atoms with Gasteiger partial charge in [0.15, 0.2) is 0 Å². The summed E-state index contributed by atoms with van der Waals surface area (Å²) in [5.41, 5.74) is 1.49. The third-order valence-corrected chi connectivity index (χ3v) is 4.84. The molecule has 30 heavy (non-hydrogen) atoms. The number of nitrogens with zero attached hydrogens (tertiary/aromatic N) is 3. The largest absolute Gasteiger partial charge is 0.369 e. The van der Waals surface area contributed by atoms with E-state index >= 15 is 0 Å². The molecule has 0 bridgehead atoms. The smallest absolute Gasteiger partial charge is 0.319 e. The van der Waals surface area contributed by atoms with Crippen LogP contribution in [-0.2, 0) is 0 Å². The molecule has 164 valence electrons. The fourth-order valence-corrected chi connectivity index (χ4v) is 3.04. The van der Waals surface area contributed by atoms with Gasteiger partial charge in [-0.05, 0) is 67.6 Å². The lowest BCUT2D eigenvalue weighted by atomic mass is 10.2. The fraction of sp³-hybridized carbons (Fsp3) is 0.476. The third kappa shape index (κ3) is 8.96. The van der Waals surface area contributed by atoms with E-state index in [-0.39, 0.29) is 6.03 Å². The van der Waals surface area contributed by atoms with E-state index in [0.717, 1.165) is 54.8 Å². The summed E-state index contributed by atoms with van der Waals surface area (Å²) in [7, 11) is 4.11. The summed E-state index contributed by atoms with van der Waals surface area (Å²) in [6.07, 6.45) is 5.95. The number of unbranched alkanes of at least 4 members (excludes halogenated alkanes) is 2. The van der Waals surface area contributed by atoms with Crippen molar-refractivity contribution in [3.8, 4) is 0 Å². The van der Waals surface area contributed by atoms with E-state index in [2.05, 4.69) is 73.1 Å². The van der Waals surface area contributed by atoms with Gasteiger partial charge in [-0.2, -0.15) is 4.98 Å². The molecule has 0 radical (unpaired) electrons. The minimum absolute atomic E-state index is 0.202. The first-order valence-electron chi connectivity index (χ1n) is 10.3. The molecule has 0 aliphatic carbocycles. The van der Waals surface area contributed by atoms with Gasteiger partial charge in [0.2, 0.25) is 5.95 Å². The molecule has 2 amide bonds. The van der Waals surface area contributed by atoms with Gasteiger partial charge < -0.3 is 26.2 Å². The zero-order valence-electron chi connectivity index (χ0n) is 18.0. The second kappa shape index (κ2) is 13.0. The number of halogens is 1. The van der Waals surface area contributed by atoms with Gasteiger partial charge in [-0.3, -0.25) is 0 Å². The molecular formula is C21H32BrN7O. The lowest BCUT2D eigenvalue weighted by molar-refractivity contribution is 0.252. The SMILES string of the molecule is CCCCCNC(=O)Nc1cccc(Nc2ncc(Br)c(NCCCN(C)C)n2)c1. The number of benzene rings is 1. The highest BCUT2D eigenvalue weighted by Crippen LogP contribution is 2.23. The van der Waals surface area contributed by atoms with E-state index in [1.54, 1.807) is 6.20 Å². The van der Waals surface area contributed by atoms with Crippen LogP contribution in [0.2, 0.25) is 0 Å². The predicted octanol–water partition coefficient (Wildman–Crippen LogP) is 4.66. The molecule has 2 aromatic rings. The van der Waals surface area contributed by atoms with Crippen LogP contribution in [0.5, 0.6) is 0 Å². The van der Waals surface area contributed by atoms with Gasteiger partial charge in [-0.1, -0.05) is 25.8 Å². The van der Waals surface area contributed by atoms with Crippen LogP contribution in [0, 0.1) is 0 Å². The molecule has 2 rings (SSSR count). The zero-order chi connectivity index (χ0) is 21.8. The van der Waals surface area contributed by atoms with Crippen molar-refractivity contribution in [2.24, 2.45) is 0 Å². The Morgan fingerprint density at radius 1 is 1.13 bits per heavy atom. The summed E-state index contributed by atoms with van der Waals surface area (Å²) in [4.78, 5) is 23.0. The van der Waals surface area contributed by atoms with Crippen molar-refractivity contribution in [1.29, 1.82) is 0 Å². The van der Waals surface area contributed by atoms with Crippen molar-refractivity contribution < 1.29 is 4.79 Å². The van der Waals surface area contributed by atoms with E-state index in [9.17, 15) is 4.79 Å². The van der Waals surface area contributed by atoms with Crippen molar-refractivity contribution in [3.05, 3.63) is 34.9 Å². The number of carbonyl (C=O) groups is 1. The summed E-state index contributed by atoms with van der Waals surface area (Å²) < 4.78 is 0.813. The predicted molar refractivity (Wildman–Crippen MR) is 128 cm³/mol. The minimum Gasteiger partial charge on any atom is -0.369 e. The average molecular weight is 478 g/mol. The Kier molecular flexibility index (Phi) is 10.4. The number of hydrogen-bond donors (Lipinski definition) is 4. The Hall–Kier alpha value is -2.39. The summed E-state index contributed by atoms with van der Waals surface area (Å²) in [6.45, 7) is 4.64. The van der Waals surface area contributed by atoms with Gasteiger partial charge in [0.05, 0.1) is 4.47 Å². The van der Waals surface area contributed by atoms with Gasteiger partial charge in [-0.15, -0.1) is 0 Å². The van der Waals surface area contributed by atoms with Crippen molar-refractivity contribution in [1.82, 2.24) is 20.2 Å². The number of anilines is 4. The van der Waals surface area contributed by atoms with Gasteiger partial charge in [0.25, 0.3) is 0 Å². The summed E-state index contributed by atoms with van der Waals surface area (Å²) in [6, 6.07) is 7.26. The summed E-state index contributed by atoms with van der Waals surface area (Å²) >= 11 is 3.49. The molecule has 0 spiro atoms. The molecule has 1 heterocycles. The molecular weight excluding hydrogens is 446 g/mol. The van der Waals surface area contributed by atoms with E-state index in [1.165, 1.54) is 0 Å². The van der Waals surface area contributed by atoms with Crippen LogP contribution in [-0.4, -0.2) is 54.6 Å². The van der Waals surface area contributed by atoms with Crippen LogP contribution in [0.25, 0.3) is 0 Å². The number of hydrogen-bond acceptors (Lipinski definition) is 6. The first kappa shape index (κ1) is 23.9. The van der Waals surface area contributed by atoms with E-state index < -0.39 is 0 Å². The normalized spacial score (nSPS) is 10.7. The van der Waals surface area contributed by atoms with E-state index in [4.69, 9.17) is 0 Å². The number of nitrogens with one attached hydrogen (secondary N) is 4. The van der Waals surface area contributed by atoms with Crippen LogP contribution < -0.4 is 21.3 Å². The number of carbonyl (C=O) groups excluding carboxylic acids is 1. The van der Waals surface area contributed by atoms with Gasteiger partial charge in [-0.25, -0.2) is 9.78 Å². The highest BCUT2D eigenvalue weighted by atomic mass is 79.9. The highest BCUT2D eigenvalue weighted by Gasteiger charge is 2.07. The van der Waals surface area contributed by atoms with Crippen LogP contribution in [0.4, 0.5) is 27.9 Å². The Balaban J connectivity index is 1.92. The lowest BCUT2D eigenvalue weighted by Crippen LogP contribution is -2.29. The number of rotatable bonds is 12. The molecule has 8 nitrogen and oxygen atoms in total. The van der Waals surface area contributed by atoms with Gasteiger partial charge in [0, 0.05) is 30.7 Å². The topological polar surface area (TPSA) is 94.2 Å². The Bertz CT molecular complexity index is 801. The molecule has 0 saturated carbocycles. The fourth-order valence-electron chi connectivity index (χ4n) is 2.71. The molecule has 1 aromatic carbocycles. The lowest BCUT2D eigenvalue weighted by Gasteiger charge is -2.13. The maximum absolute atomic E-state index is 12.0. The van der Waals surface area contributed by atoms with Gasteiger partial charge in [0.1, 0.15) is 5.82 Å². The molecule has 0 atom stereocenters. The molecule has 0 saturated heterocycles. The van der Waals surface area contributed by atoms with Crippen molar-refractivity contribution in [2.45, 2.75) is 32.6 Å². The molecule has 0 aliphatic rings. The first-order chi connectivity index (χ1) is 14.5. The standard InChI is InChI=1S/C21H32BrN7O/c1-4-5-6-11-24-21(30)27-17-10-7-9-16(14-17)26-20-25-15-18(22)19(28-20)23-12-8-13-29(2)3/h7,9-10,14-15H,4-6,8,11-13H2,1-3H3,(H2,24,27,30)(H2,23,25,26,28). The van der Waals surface area contributed by atoms with Crippen molar-refractivity contribution in [3.63, 3.8) is 0 Å². The number of urea groups is 1. The Labute approximate surface area is 187 Å². The van der Waals surface area contributed by atoms with Crippen molar-refractivity contribution >= 4 is 45.1 Å². The number of amides is 2. The molecule has 0 fully saturated rings. The maximum atomic E-state index is 12.0. The maximum Gasteiger partial charge on any atom is 0.319 e. The summed E-state index contributed by atoms with van der Waals surface area (Å²) in [5.74, 6) is 1.22. The molecule has 1 aromatic heterocycles. The Morgan fingerprint density at radius 3 is 2.70 bits per heavy atom. The van der Waals surface area contributed by atoms with Crippen LogP contribution >= 0.6 is 15.9 Å². The van der Waals surface area contributed by atoms with E-state index in [0.29, 0.717) is 18.2 Å². The Morgan fingerprint density at radius 2 is 1.93 bits per heavy atom. The van der Waals surface area contributed by atoms with Crippen molar-refractivity contribution in [2.75, 3.05) is 49.7 Å². The van der Waals surface area contributed by atoms with E-state index in [1.807, 2.05) is 24.3 Å². The quantitative estimate of drug-likeness (QED) is 0.332. The minimum atomic E-state index is -0.202. The third-order valence-electron chi connectivity index (χ3n) is 4.26. The zero-order valence-corrected chi connectivity index (χ0v) is 19.6. The molecule has 0 aliphatic heterocycles. The molecule has 4 N–H and O–H groups in total. The monoisotopic (exact) mass is 477 g/mol. The van der Waals surface area contributed by atoms with Crippen LogP contribution in [0.1, 0.15) is 32.6 Å². The molecule has 9 heteroatoms. The highest BCUT2D eigenvalue weighted by molar-refractivity contribution is 9.10. The first-order valence-corrected chi connectivity index (χ1v) is 11.1. The number of aromatic nitrogens is 2.